The highest BCUT2D eigenvalue weighted by Crippen LogP contribution is 2.25. The maximum atomic E-state index is 12.2. The summed E-state index contributed by atoms with van der Waals surface area (Å²) in [5.74, 6) is -1.82. The number of carboxylic acids is 1. The van der Waals surface area contributed by atoms with Gasteiger partial charge in [-0.3, -0.25) is 0 Å². The Kier molecular flexibility index (Phi) is 3.82. The van der Waals surface area contributed by atoms with Crippen LogP contribution in [0.2, 0.25) is 5.15 Å². The predicted octanol–water partition coefficient (Wildman–Crippen LogP) is 2.76. The molecule has 1 rings (SSSR count). The summed E-state index contributed by atoms with van der Waals surface area (Å²) >= 11 is 5.46. The smallest absolute Gasteiger partial charge is 0.425 e. The third-order valence-electron chi connectivity index (χ3n) is 1.78. The normalized spacial score (nSPS) is 13.2. The molecule has 0 aliphatic carbocycles. The Bertz CT molecular complexity index is 436. The van der Waals surface area contributed by atoms with Crippen molar-refractivity contribution in [3.8, 4) is 5.88 Å². The second-order valence-electron chi connectivity index (χ2n) is 3.12. The van der Waals surface area contributed by atoms with Crippen LogP contribution in [0.15, 0.2) is 12.1 Å². The van der Waals surface area contributed by atoms with Gasteiger partial charge in [-0.25, -0.2) is 9.78 Å². The number of pyridine rings is 1. The van der Waals surface area contributed by atoms with Gasteiger partial charge in [0.25, 0.3) is 0 Å². The zero-order chi connectivity index (χ0) is 13.2. The lowest BCUT2D eigenvalue weighted by Crippen LogP contribution is -2.31. The van der Waals surface area contributed by atoms with Crippen molar-refractivity contribution in [3.05, 3.63) is 22.8 Å². The lowest BCUT2D eigenvalue weighted by atomic mass is 10.3. The third kappa shape index (κ3) is 3.77. The second kappa shape index (κ2) is 4.79. The van der Waals surface area contributed by atoms with Gasteiger partial charge in [-0.15, -0.1) is 0 Å². The van der Waals surface area contributed by atoms with Crippen LogP contribution in [0.1, 0.15) is 17.3 Å². The highest BCUT2D eigenvalue weighted by molar-refractivity contribution is 6.29. The van der Waals surface area contributed by atoms with Crippen molar-refractivity contribution in [2.24, 2.45) is 0 Å². The summed E-state index contributed by atoms with van der Waals surface area (Å²) < 4.78 is 41.0. The number of aromatic nitrogens is 1. The van der Waals surface area contributed by atoms with E-state index in [0.717, 1.165) is 19.1 Å². The number of aromatic carboxylic acids is 1. The molecule has 8 heteroatoms. The SMILES string of the molecule is CC(Oc1cc(C(=O)O)cc(Cl)n1)C(F)(F)F. The molecule has 1 atom stereocenters. The largest absolute Gasteiger partial charge is 0.478 e. The molecule has 1 aromatic heterocycles. The van der Waals surface area contributed by atoms with Gasteiger partial charge in [0.15, 0.2) is 6.10 Å². The molecule has 0 fully saturated rings. The Hall–Kier alpha value is -1.50. The highest BCUT2D eigenvalue weighted by Gasteiger charge is 2.38. The number of nitrogens with zero attached hydrogens (tertiary/aromatic N) is 1. The van der Waals surface area contributed by atoms with E-state index >= 15 is 0 Å². The summed E-state index contributed by atoms with van der Waals surface area (Å²) in [5.41, 5.74) is -0.297. The number of carboxylic acid groups (broad SMARTS) is 1. The monoisotopic (exact) mass is 269 g/mol. The highest BCUT2D eigenvalue weighted by atomic mass is 35.5. The average Bonchev–Trinajstić information content (AvgIpc) is 2.14. The minimum absolute atomic E-state index is 0.255. The van der Waals surface area contributed by atoms with Gasteiger partial charge in [-0.2, -0.15) is 13.2 Å². The number of hydrogen-bond acceptors (Lipinski definition) is 3. The van der Waals surface area contributed by atoms with Gasteiger partial charge in [0.05, 0.1) is 5.56 Å². The first kappa shape index (κ1) is 13.6. The number of halogens is 4. The van der Waals surface area contributed by atoms with Crippen molar-refractivity contribution in [1.82, 2.24) is 4.98 Å². The first-order valence-electron chi connectivity index (χ1n) is 4.34. The van der Waals surface area contributed by atoms with Gasteiger partial charge >= 0.3 is 12.1 Å². The standard InChI is InChI=1S/C9H7ClF3NO3/c1-4(9(11,12)13)17-7-3-5(8(15)16)2-6(10)14-7/h2-4H,1H3,(H,15,16). The number of alkyl halides is 3. The lowest BCUT2D eigenvalue weighted by Gasteiger charge is -2.17. The molecule has 0 saturated carbocycles. The zero-order valence-corrected chi connectivity index (χ0v) is 9.21. The molecule has 0 amide bonds. The van der Waals surface area contributed by atoms with Gasteiger partial charge in [0.1, 0.15) is 5.15 Å². The molecule has 17 heavy (non-hydrogen) atoms. The van der Waals surface area contributed by atoms with Crippen LogP contribution in [0, 0.1) is 0 Å². The second-order valence-corrected chi connectivity index (χ2v) is 3.51. The van der Waals surface area contributed by atoms with E-state index in [1.807, 2.05) is 0 Å². The molecule has 1 N–H and O–H groups in total. The molecule has 94 valence electrons. The summed E-state index contributed by atoms with van der Waals surface area (Å²) in [6.45, 7) is 0.781. The van der Waals surface area contributed by atoms with Crippen molar-refractivity contribution < 1.29 is 27.8 Å². The van der Waals surface area contributed by atoms with Crippen LogP contribution in [0.5, 0.6) is 5.88 Å². The molecule has 0 radical (unpaired) electrons. The van der Waals surface area contributed by atoms with Gasteiger partial charge in [-0.05, 0) is 13.0 Å². The molecule has 1 unspecified atom stereocenters. The van der Waals surface area contributed by atoms with Gasteiger partial charge < -0.3 is 9.84 Å². The van der Waals surface area contributed by atoms with E-state index in [-0.39, 0.29) is 10.7 Å². The molecule has 1 aromatic rings. The Labute approximate surface area is 99.0 Å². The fourth-order valence-corrected chi connectivity index (χ4v) is 1.11. The molecule has 0 aliphatic rings. The third-order valence-corrected chi connectivity index (χ3v) is 1.97. The van der Waals surface area contributed by atoms with Crippen LogP contribution in [0.25, 0.3) is 0 Å². The first-order valence-corrected chi connectivity index (χ1v) is 4.72. The van der Waals surface area contributed by atoms with E-state index in [4.69, 9.17) is 16.7 Å². The number of ether oxygens (including phenoxy) is 1. The summed E-state index contributed by atoms with van der Waals surface area (Å²) in [5, 5.41) is 8.41. The Morgan fingerprint density at radius 3 is 2.59 bits per heavy atom. The van der Waals surface area contributed by atoms with E-state index in [0.29, 0.717) is 0 Å². The quantitative estimate of drug-likeness (QED) is 0.857. The predicted molar refractivity (Wildman–Crippen MR) is 52.4 cm³/mol. The fraction of sp³-hybridized carbons (Fsp3) is 0.333. The van der Waals surface area contributed by atoms with Gasteiger partial charge in [0, 0.05) is 6.07 Å². The Morgan fingerprint density at radius 1 is 1.53 bits per heavy atom. The Morgan fingerprint density at radius 2 is 2.12 bits per heavy atom. The molecular formula is C9H7ClF3NO3. The van der Waals surface area contributed by atoms with E-state index in [1.54, 1.807) is 0 Å². The van der Waals surface area contributed by atoms with Crippen molar-refractivity contribution in [2.75, 3.05) is 0 Å². The van der Waals surface area contributed by atoms with Crippen molar-refractivity contribution >= 4 is 17.6 Å². The van der Waals surface area contributed by atoms with Crippen molar-refractivity contribution in [1.29, 1.82) is 0 Å². The Balaban J connectivity index is 2.96. The lowest BCUT2D eigenvalue weighted by molar-refractivity contribution is -0.189. The average molecular weight is 270 g/mol. The van der Waals surface area contributed by atoms with Crippen LogP contribution < -0.4 is 4.74 Å². The first-order chi connectivity index (χ1) is 7.70. The molecular weight excluding hydrogens is 263 g/mol. The molecule has 0 bridgehead atoms. The zero-order valence-electron chi connectivity index (χ0n) is 8.45. The van der Waals surface area contributed by atoms with Crippen LogP contribution in [0.3, 0.4) is 0 Å². The summed E-state index contributed by atoms with van der Waals surface area (Å²) in [7, 11) is 0. The van der Waals surface area contributed by atoms with Crippen LogP contribution in [-0.4, -0.2) is 28.3 Å². The topological polar surface area (TPSA) is 59.4 Å². The van der Waals surface area contributed by atoms with Crippen LogP contribution >= 0.6 is 11.6 Å². The van der Waals surface area contributed by atoms with E-state index in [9.17, 15) is 18.0 Å². The molecule has 0 saturated heterocycles. The molecule has 1 heterocycles. The maximum Gasteiger partial charge on any atom is 0.425 e. The van der Waals surface area contributed by atoms with E-state index < -0.39 is 24.1 Å². The number of carbonyl (C=O) groups is 1. The minimum Gasteiger partial charge on any atom is -0.478 e. The molecule has 4 nitrogen and oxygen atoms in total. The summed E-state index contributed by atoms with van der Waals surface area (Å²) in [6, 6.07) is 1.88. The number of hydrogen-bond donors (Lipinski definition) is 1. The maximum absolute atomic E-state index is 12.2. The van der Waals surface area contributed by atoms with E-state index in [2.05, 4.69) is 9.72 Å². The summed E-state index contributed by atoms with van der Waals surface area (Å²) in [4.78, 5) is 14.1. The fourth-order valence-electron chi connectivity index (χ4n) is 0.905. The van der Waals surface area contributed by atoms with E-state index in [1.165, 1.54) is 0 Å². The van der Waals surface area contributed by atoms with Crippen LogP contribution in [0.4, 0.5) is 13.2 Å². The van der Waals surface area contributed by atoms with Gasteiger partial charge in [-0.1, -0.05) is 11.6 Å². The van der Waals surface area contributed by atoms with Crippen molar-refractivity contribution in [3.63, 3.8) is 0 Å². The molecule has 0 spiro atoms. The summed E-state index contributed by atoms with van der Waals surface area (Å²) in [6.07, 6.45) is -6.66. The molecule has 0 aliphatic heterocycles. The molecule has 0 aromatic carbocycles. The van der Waals surface area contributed by atoms with Crippen LogP contribution in [-0.2, 0) is 0 Å². The van der Waals surface area contributed by atoms with Crippen molar-refractivity contribution in [2.45, 2.75) is 19.2 Å². The van der Waals surface area contributed by atoms with Gasteiger partial charge in [0.2, 0.25) is 5.88 Å². The number of rotatable bonds is 3. The minimum atomic E-state index is -4.56.